The van der Waals surface area contributed by atoms with Crippen LogP contribution in [0.5, 0.6) is 0 Å². The van der Waals surface area contributed by atoms with Crippen molar-refractivity contribution in [2.45, 2.75) is 32.2 Å². The molecule has 132 valence electrons. The summed E-state index contributed by atoms with van der Waals surface area (Å²) in [6, 6.07) is 3.88. The van der Waals surface area contributed by atoms with Crippen LogP contribution in [0.3, 0.4) is 0 Å². The molecule has 2 aromatic heterocycles. The Labute approximate surface area is 152 Å². The fourth-order valence-corrected chi connectivity index (χ4v) is 4.89. The Kier molecular flexibility index (Phi) is 4.81. The molecule has 5 nitrogen and oxygen atoms in total. The highest BCUT2D eigenvalue weighted by atomic mass is 32.1. The minimum Gasteiger partial charge on any atom is -0.342 e. The number of amides is 1. The molecule has 0 saturated carbocycles. The molecular weight excluding hydrogens is 332 g/mol. The number of piperidine rings is 1. The highest BCUT2D eigenvalue weighted by Gasteiger charge is 2.42. The Balaban J connectivity index is 1.36. The van der Waals surface area contributed by atoms with Crippen molar-refractivity contribution in [3.8, 4) is 0 Å². The van der Waals surface area contributed by atoms with E-state index in [1.807, 2.05) is 23.7 Å². The molecule has 2 aliphatic rings. The van der Waals surface area contributed by atoms with Crippen LogP contribution in [0.2, 0.25) is 0 Å². The number of thiazole rings is 1. The maximum absolute atomic E-state index is 12.7. The van der Waals surface area contributed by atoms with Gasteiger partial charge < -0.3 is 4.90 Å². The maximum atomic E-state index is 12.7. The van der Waals surface area contributed by atoms with Gasteiger partial charge in [0, 0.05) is 49.0 Å². The molecule has 6 heteroatoms. The number of rotatable bonds is 4. The molecule has 2 saturated heterocycles. The number of hydrogen-bond donors (Lipinski definition) is 0. The van der Waals surface area contributed by atoms with Gasteiger partial charge >= 0.3 is 0 Å². The van der Waals surface area contributed by atoms with E-state index >= 15 is 0 Å². The van der Waals surface area contributed by atoms with Gasteiger partial charge in [0.15, 0.2) is 0 Å². The van der Waals surface area contributed by atoms with Crippen LogP contribution < -0.4 is 0 Å². The normalized spacial score (nSPS) is 24.1. The van der Waals surface area contributed by atoms with E-state index < -0.39 is 0 Å². The predicted molar refractivity (Wildman–Crippen MR) is 98.2 cm³/mol. The third-order valence-corrected chi connectivity index (χ3v) is 6.22. The van der Waals surface area contributed by atoms with Crippen molar-refractivity contribution in [3.63, 3.8) is 0 Å². The molecule has 0 bridgehead atoms. The first-order valence-electron chi connectivity index (χ1n) is 9.00. The molecule has 2 aliphatic heterocycles. The minimum atomic E-state index is 0.241. The number of nitrogens with zero attached hydrogens (tertiary/aromatic N) is 4. The van der Waals surface area contributed by atoms with Gasteiger partial charge in [0.25, 0.3) is 0 Å². The quantitative estimate of drug-likeness (QED) is 0.845. The van der Waals surface area contributed by atoms with Gasteiger partial charge in [-0.1, -0.05) is 6.07 Å². The fourth-order valence-electron chi connectivity index (χ4n) is 4.23. The second kappa shape index (κ2) is 7.22. The van der Waals surface area contributed by atoms with Crippen LogP contribution in [-0.4, -0.2) is 51.9 Å². The van der Waals surface area contributed by atoms with Crippen molar-refractivity contribution in [3.05, 3.63) is 46.7 Å². The SMILES string of the molecule is O=C(Cc1cccnc1)N1CCC[C@@]2(CCN(Cc3nccs3)C2)C1. The van der Waals surface area contributed by atoms with Crippen LogP contribution in [0.25, 0.3) is 0 Å². The molecular formula is C19H24N4OS. The summed E-state index contributed by atoms with van der Waals surface area (Å²) in [4.78, 5) is 25.8. The molecule has 4 heterocycles. The van der Waals surface area contributed by atoms with Gasteiger partial charge in [0.05, 0.1) is 13.0 Å². The van der Waals surface area contributed by atoms with Gasteiger partial charge in [0.1, 0.15) is 5.01 Å². The molecule has 0 N–H and O–H groups in total. The zero-order valence-corrected chi connectivity index (χ0v) is 15.2. The van der Waals surface area contributed by atoms with Crippen molar-refractivity contribution in [1.29, 1.82) is 0 Å². The zero-order valence-electron chi connectivity index (χ0n) is 14.4. The van der Waals surface area contributed by atoms with Crippen molar-refractivity contribution in [2.24, 2.45) is 5.41 Å². The van der Waals surface area contributed by atoms with Crippen LogP contribution in [-0.2, 0) is 17.8 Å². The van der Waals surface area contributed by atoms with E-state index in [-0.39, 0.29) is 11.3 Å². The number of hydrogen-bond acceptors (Lipinski definition) is 5. The topological polar surface area (TPSA) is 49.3 Å². The molecule has 0 unspecified atom stereocenters. The van der Waals surface area contributed by atoms with E-state index in [4.69, 9.17) is 0 Å². The smallest absolute Gasteiger partial charge is 0.227 e. The summed E-state index contributed by atoms with van der Waals surface area (Å²) in [6.45, 7) is 4.95. The molecule has 25 heavy (non-hydrogen) atoms. The highest BCUT2D eigenvalue weighted by Crippen LogP contribution is 2.39. The lowest BCUT2D eigenvalue weighted by molar-refractivity contribution is -0.133. The molecule has 0 aromatic carbocycles. The van der Waals surface area contributed by atoms with Gasteiger partial charge in [0.2, 0.25) is 5.91 Å². The Morgan fingerprint density at radius 1 is 1.24 bits per heavy atom. The summed E-state index contributed by atoms with van der Waals surface area (Å²) < 4.78 is 0. The van der Waals surface area contributed by atoms with Crippen LogP contribution in [0, 0.1) is 5.41 Å². The molecule has 4 rings (SSSR count). The van der Waals surface area contributed by atoms with E-state index in [2.05, 4.69) is 19.8 Å². The molecule has 0 radical (unpaired) electrons. The second-order valence-electron chi connectivity index (χ2n) is 7.34. The van der Waals surface area contributed by atoms with Crippen molar-refractivity contribution >= 4 is 17.2 Å². The maximum Gasteiger partial charge on any atom is 0.227 e. The van der Waals surface area contributed by atoms with Gasteiger partial charge in [-0.15, -0.1) is 11.3 Å². The van der Waals surface area contributed by atoms with Crippen LogP contribution in [0.4, 0.5) is 0 Å². The average Bonchev–Trinajstić information content (AvgIpc) is 3.27. The van der Waals surface area contributed by atoms with Gasteiger partial charge in [-0.05, 0) is 37.4 Å². The lowest BCUT2D eigenvalue weighted by Gasteiger charge is -2.40. The Hall–Kier alpha value is -1.79. The summed E-state index contributed by atoms with van der Waals surface area (Å²) in [5.74, 6) is 0.241. The van der Waals surface area contributed by atoms with E-state index in [9.17, 15) is 4.79 Å². The number of carbonyl (C=O) groups excluding carboxylic acids is 1. The summed E-state index contributed by atoms with van der Waals surface area (Å²) >= 11 is 1.73. The standard InChI is InChI=1S/C19H24N4OS/c24-18(11-16-3-1-6-20-12-16)23-8-2-4-19(15-23)5-9-22(14-19)13-17-21-7-10-25-17/h1,3,6-7,10,12H,2,4-5,8-9,11,13-15H2/t19-/m0/s1. The first-order chi connectivity index (χ1) is 12.2. The Morgan fingerprint density at radius 2 is 2.20 bits per heavy atom. The number of pyridine rings is 1. The highest BCUT2D eigenvalue weighted by molar-refractivity contribution is 7.09. The lowest BCUT2D eigenvalue weighted by atomic mass is 9.79. The molecule has 0 aliphatic carbocycles. The van der Waals surface area contributed by atoms with Gasteiger partial charge in [-0.25, -0.2) is 4.98 Å². The first-order valence-corrected chi connectivity index (χ1v) is 9.88. The molecule has 2 aromatic rings. The third-order valence-electron chi connectivity index (χ3n) is 5.45. The van der Waals surface area contributed by atoms with Crippen LogP contribution in [0.1, 0.15) is 29.8 Å². The van der Waals surface area contributed by atoms with Crippen molar-refractivity contribution in [2.75, 3.05) is 26.2 Å². The molecule has 1 spiro atoms. The fraction of sp³-hybridized carbons (Fsp3) is 0.526. The molecule has 1 atom stereocenters. The van der Waals surface area contributed by atoms with E-state index in [1.165, 1.54) is 17.8 Å². The van der Waals surface area contributed by atoms with Crippen molar-refractivity contribution < 1.29 is 4.79 Å². The summed E-state index contributed by atoms with van der Waals surface area (Å²) in [7, 11) is 0. The van der Waals surface area contributed by atoms with Gasteiger partial charge in [-0.2, -0.15) is 0 Å². The number of carbonyl (C=O) groups is 1. The summed E-state index contributed by atoms with van der Waals surface area (Å²) in [5, 5.41) is 3.23. The number of likely N-dealkylation sites (tertiary alicyclic amines) is 2. The van der Waals surface area contributed by atoms with E-state index in [1.54, 1.807) is 23.7 Å². The molecule has 1 amide bonds. The van der Waals surface area contributed by atoms with Crippen LogP contribution in [0.15, 0.2) is 36.1 Å². The first kappa shape index (κ1) is 16.7. The third kappa shape index (κ3) is 3.90. The Morgan fingerprint density at radius 3 is 3.00 bits per heavy atom. The number of aromatic nitrogens is 2. The minimum absolute atomic E-state index is 0.241. The largest absolute Gasteiger partial charge is 0.342 e. The zero-order chi connectivity index (χ0) is 17.1. The summed E-state index contributed by atoms with van der Waals surface area (Å²) in [5.41, 5.74) is 1.28. The second-order valence-corrected chi connectivity index (χ2v) is 8.32. The molecule has 2 fully saturated rings. The predicted octanol–water partition coefficient (Wildman–Crippen LogP) is 2.60. The summed E-state index contributed by atoms with van der Waals surface area (Å²) in [6.07, 6.45) is 9.43. The van der Waals surface area contributed by atoms with Crippen molar-refractivity contribution in [1.82, 2.24) is 19.8 Å². The van der Waals surface area contributed by atoms with E-state index in [0.717, 1.165) is 44.7 Å². The average molecular weight is 356 g/mol. The van der Waals surface area contributed by atoms with Crippen LogP contribution >= 0.6 is 11.3 Å². The van der Waals surface area contributed by atoms with Gasteiger partial charge in [-0.3, -0.25) is 14.7 Å². The van der Waals surface area contributed by atoms with E-state index in [0.29, 0.717) is 6.42 Å². The lowest BCUT2D eigenvalue weighted by Crippen LogP contribution is -2.47. The Bertz CT molecular complexity index is 705. The monoisotopic (exact) mass is 356 g/mol.